The highest BCUT2D eigenvalue weighted by Crippen LogP contribution is 2.34. The summed E-state index contributed by atoms with van der Waals surface area (Å²) in [6.45, 7) is 2.06. The predicted molar refractivity (Wildman–Crippen MR) is 73.6 cm³/mol. The quantitative estimate of drug-likeness (QED) is 0.934. The van der Waals surface area contributed by atoms with E-state index in [1.165, 1.54) is 12.1 Å². The summed E-state index contributed by atoms with van der Waals surface area (Å²) < 4.78 is 40.4. The molecule has 0 aliphatic heterocycles. The first-order valence-electron chi connectivity index (χ1n) is 6.30. The number of hydrogen-bond donors (Lipinski definition) is 1. The van der Waals surface area contributed by atoms with E-state index in [2.05, 4.69) is 5.32 Å². The maximum Gasteiger partial charge on any atom is 0.418 e. The Morgan fingerprint density at radius 2 is 1.95 bits per heavy atom. The molecule has 0 bridgehead atoms. The highest BCUT2D eigenvalue weighted by Gasteiger charge is 2.33. The van der Waals surface area contributed by atoms with E-state index in [9.17, 15) is 13.2 Å². The zero-order valence-corrected chi connectivity index (χ0v) is 11.6. The zero-order chi connectivity index (χ0) is 15.6. The van der Waals surface area contributed by atoms with Crippen LogP contribution in [0.2, 0.25) is 0 Å². The number of nitrogens with zero attached hydrogens (tertiary/aromatic N) is 2. The highest BCUT2D eigenvalue weighted by molar-refractivity contribution is 5.53. The summed E-state index contributed by atoms with van der Waals surface area (Å²) in [5, 5.41) is 11.8. The third kappa shape index (κ3) is 3.02. The molecule has 110 valence electrons. The van der Waals surface area contributed by atoms with Crippen LogP contribution in [-0.4, -0.2) is 4.57 Å². The number of benzene rings is 1. The molecule has 0 fully saturated rings. The third-order valence-electron chi connectivity index (χ3n) is 3.46. The predicted octanol–water partition coefficient (Wildman–Crippen LogP) is 3.84. The van der Waals surface area contributed by atoms with Gasteiger partial charge >= 0.3 is 6.18 Å². The van der Waals surface area contributed by atoms with Crippen LogP contribution >= 0.6 is 0 Å². The Balaban J connectivity index is 2.24. The molecule has 0 aliphatic rings. The van der Waals surface area contributed by atoms with Crippen molar-refractivity contribution in [2.75, 3.05) is 5.32 Å². The van der Waals surface area contributed by atoms with Gasteiger partial charge in [0.2, 0.25) is 0 Å². The second kappa shape index (κ2) is 5.52. The molecule has 1 N–H and O–H groups in total. The molecule has 0 amide bonds. The molecule has 2 aromatic rings. The van der Waals surface area contributed by atoms with Gasteiger partial charge in [0, 0.05) is 25.0 Å². The number of rotatable bonds is 3. The second-order valence-electron chi connectivity index (χ2n) is 4.71. The van der Waals surface area contributed by atoms with Crippen LogP contribution in [0.25, 0.3) is 0 Å². The molecular formula is C15H14F3N3. The van der Waals surface area contributed by atoms with Gasteiger partial charge in [0.25, 0.3) is 0 Å². The minimum Gasteiger partial charge on any atom is -0.380 e. The van der Waals surface area contributed by atoms with Gasteiger partial charge in [0.15, 0.2) is 0 Å². The lowest BCUT2D eigenvalue weighted by Gasteiger charge is -2.14. The Kier molecular flexibility index (Phi) is 3.94. The summed E-state index contributed by atoms with van der Waals surface area (Å²) >= 11 is 0. The Labute approximate surface area is 120 Å². The SMILES string of the molecule is Cc1c(CNc2ccccc2C(F)(F)F)cc(C#N)n1C. The van der Waals surface area contributed by atoms with E-state index in [1.54, 1.807) is 23.7 Å². The molecule has 0 radical (unpaired) electrons. The van der Waals surface area contributed by atoms with Gasteiger partial charge in [0.05, 0.1) is 5.56 Å². The Morgan fingerprint density at radius 3 is 2.52 bits per heavy atom. The van der Waals surface area contributed by atoms with Crippen LogP contribution in [0.15, 0.2) is 30.3 Å². The van der Waals surface area contributed by atoms with Gasteiger partial charge in [-0.1, -0.05) is 12.1 Å². The summed E-state index contributed by atoms with van der Waals surface area (Å²) in [7, 11) is 1.75. The first kappa shape index (κ1) is 15.0. The number of nitriles is 1. The minimum absolute atomic E-state index is 0.0340. The van der Waals surface area contributed by atoms with E-state index >= 15 is 0 Å². The van der Waals surface area contributed by atoms with Gasteiger partial charge in [0.1, 0.15) is 11.8 Å². The van der Waals surface area contributed by atoms with Crippen molar-refractivity contribution in [1.82, 2.24) is 4.57 Å². The molecule has 0 saturated carbocycles. The fraction of sp³-hybridized carbons (Fsp3) is 0.267. The van der Waals surface area contributed by atoms with Gasteiger partial charge in [-0.2, -0.15) is 18.4 Å². The topological polar surface area (TPSA) is 40.8 Å². The van der Waals surface area contributed by atoms with E-state index in [0.29, 0.717) is 5.69 Å². The number of aromatic nitrogens is 1. The van der Waals surface area contributed by atoms with Crippen LogP contribution < -0.4 is 5.32 Å². The molecule has 1 aromatic carbocycles. The van der Waals surface area contributed by atoms with Crippen molar-refractivity contribution >= 4 is 5.69 Å². The van der Waals surface area contributed by atoms with Crippen molar-refractivity contribution in [2.45, 2.75) is 19.6 Å². The first-order valence-corrected chi connectivity index (χ1v) is 6.30. The van der Waals surface area contributed by atoms with Crippen molar-refractivity contribution < 1.29 is 13.2 Å². The summed E-state index contributed by atoms with van der Waals surface area (Å²) in [6, 6.07) is 9.07. The monoisotopic (exact) mass is 293 g/mol. The normalized spacial score (nSPS) is 11.2. The average Bonchev–Trinajstić information content (AvgIpc) is 2.72. The summed E-state index contributed by atoms with van der Waals surface area (Å²) in [6.07, 6.45) is -4.40. The minimum atomic E-state index is -4.40. The number of halogens is 3. The Hall–Kier alpha value is -2.42. The number of nitrogens with one attached hydrogen (secondary N) is 1. The van der Waals surface area contributed by atoms with Crippen molar-refractivity contribution in [3.63, 3.8) is 0 Å². The van der Waals surface area contributed by atoms with Crippen molar-refractivity contribution in [2.24, 2.45) is 7.05 Å². The van der Waals surface area contributed by atoms with E-state index < -0.39 is 11.7 Å². The molecule has 0 aliphatic carbocycles. The van der Waals surface area contributed by atoms with Gasteiger partial charge in [-0.25, -0.2) is 0 Å². The number of anilines is 1. The molecule has 1 aromatic heterocycles. The van der Waals surface area contributed by atoms with Crippen LogP contribution in [0.3, 0.4) is 0 Å². The molecule has 21 heavy (non-hydrogen) atoms. The van der Waals surface area contributed by atoms with Crippen LogP contribution in [0, 0.1) is 18.3 Å². The lowest BCUT2D eigenvalue weighted by atomic mass is 10.1. The van der Waals surface area contributed by atoms with Crippen LogP contribution in [0.5, 0.6) is 0 Å². The largest absolute Gasteiger partial charge is 0.418 e. The fourth-order valence-electron chi connectivity index (χ4n) is 2.12. The lowest BCUT2D eigenvalue weighted by molar-refractivity contribution is -0.136. The van der Waals surface area contributed by atoms with Crippen LogP contribution in [0.4, 0.5) is 18.9 Å². The molecular weight excluding hydrogens is 279 g/mol. The molecule has 2 rings (SSSR count). The van der Waals surface area contributed by atoms with Gasteiger partial charge in [-0.3, -0.25) is 0 Å². The number of para-hydroxylation sites is 1. The second-order valence-corrected chi connectivity index (χ2v) is 4.71. The maximum atomic E-state index is 12.9. The maximum absolute atomic E-state index is 12.9. The number of alkyl halides is 3. The standard InChI is InChI=1S/C15H14F3N3/c1-10-11(7-12(8-19)21(10)2)9-20-14-6-4-3-5-13(14)15(16,17)18/h3-7,20H,9H2,1-2H3. The first-order chi connectivity index (χ1) is 9.84. The molecule has 0 unspecified atom stereocenters. The highest BCUT2D eigenvalue weighted by atomic mass is 19.4. The van der Waals surface area contributed by atoms with E-state index in [1.807, 2.05) is 13.0 Å². The summed E-state index contributed by atoms with van der Waals surface area (Å²) in [5.74, 6) is 0. The smallest absolute Gasteiger partial charge is 0.380 e. The zero-order valence-electron chi connectivity index (χ0n) is 11.6. The molecule has 6 heteroatoms. The molecule has 0 atom stereocenters. The average molecular weight is 293 g/mol. The third-order valence-corrected chi connectivity index (χ3v) is 3.46. The van der Waals surface area contributed by atoms with E-state index in [0.717, 1.165) is 17.3 Å². The lowest BCUT2D eigenvalue weighted by Crippen LogP contribution is -2.10. The summed E-state index contributed by atoms with van der Waals surface area (Å²) in [4.78, 5) is 0. The van der Waals surface area contributed by atoms with E-state index in [-0.39, 0.29) is 12.2 Å². The fourth-order valence-corrected chi connectivity index (χ4v) is 2.12. The van der Waals surface area contributed by atoms with Gasteiger partial charge in [-0.05, 0) is 30.7 Å². The molecule has 3 nitrogen and oxygen atoms in total. The van der Waals surface area contributed by atoms with E-state index in [4.69, 9.17) is 5.26 Å². The van der Waals surface area contributed by atoms with Crippen molar-refractivity contribution in [3.05, 3.63) is 52.8 Å². The van der Waals surface area contributed by atoms with Crippen molar-refractivity contribution in [1.29, 1.82) is 5.26 Å². The number of hydrogen-bond acceptors (Lipinski definition) is 2. The van der Waals surface area contributed by atoms with Crippen LogP contribution in [-0.2, 0) is 19.8 Å². The van der Waals surface area contributed by atoms with Gasteiger partial charge in [-0.15, -0.1) is 0 Å². The summed E-state index contributed by atoms with van der Waals surface area (Å²) in [5.41, 5.74) is 1.47. The molecule has 0 saturated heterocycles. The molecule has 0 spiro atoms. The Morgan fingerprint density at radius 1 is 1.29 bits per heavy atom. The van der Waals surface area contributed by atoms with Crippen LogP contribution in [0.1, 0.15) is 22.5 Å². The van der Waals surface area contributed by atoms with Crippen molar-refractivity contribution in [3.8, 4) is 6.07 Å². The van der Waals surface area contributed by atoms with Gasteiger partial charge < -0.3 is 9.88 Å². The Bertz CT molecular complexity index is 693. The molecule has 1 heterocycles.